The van der Waals surface area contributed by atoms with Crippen molar-refractivity contribution in [1.82, 2.24) is 0 Å². The molecule has 0 saturated heterocycles. The molecule has 0 bridgehead atoms. The highest BCUT2D eigenvalue weighted by Gasteiger charge is 2.27. The molecule has 0 unspecified atom stereocenters. The van der Waals surface area contributed by atoms with E-state index in [0.29, 0.717) is 9.47 Å². The highest BCUT2D eigenvalue weighted by Crippen LogP contribution is 2.17. The lowest BCUT2D eigenvalue weighted by Crippen LogP contribution is -2.36. The van der Waals surface area contributed by atoms with E-state index in [1.54, 1.807) is 0 Å². The van der Waals surface area contributed by atoms with E-state index < -0.39 is 0 Å². The summed E-state index contributed by atoms with van der Waals surface area (Å²) in [6, 6.07) is 2.99. The fourth-order valence-electron chi connectivity index (χ4n) is 1.29. The van der Waals surface area contributed by atoms with Crippen LogP contribution in [0.15, 0.2) is 18.3 Å². The number of carbonyl (C=O) groups is 1. The molecule has 0 N–H and O–H groups in total. The summed E-state index contributed by atoms with van der Waals surface area (Å²) < 4.78 is 0.973. The Morgan fingerprint density at radius 2 is 2.15 bits per heavy atom. The van der Waals surface area contributed by atoms with E-state index in [2.05, 4.69) is 0 Å². The number of nitrogens with zero attached hydrogens (tertiary/aromatic N) is 2. The first kappa shape index (κ1) is 7.72. The van der Waals surface area contributed by atoms with Crippen LogP contribution in [0.25, 0.3) is 0 Å². The van der Waals surface area contributed by atoms with Crippen molar-refractivity contribution >= 4 is 17.7 Å². The lowest BCUT2D eigenvalue weighted by molar-refractivity contribution is -0.617. The molecule has 1 aliphatic heterocycles. The van der Waals surface area contributed by atoms with Crippen LogP contribution < -0.4 is 4.73 Å². The van der Waals surface area contributed by atoms with Crippen LogP contribution in [0.2, 0.25) is 0 Å². The van der Waals surface area contributed by atoms with Crippen LogP contribution in [0.3, 0.4) is 0 Å². The molecule has 1 aromatic rings. The molecule has 0 saturated carbocycles. The average molecular weight is 178 g/mol. The highest BCUT2D eigenvalue weighted by atomic mass is 16.5. The molecule has 0 amide bonds. The van der Waals surface area contributed by atoms with Crippen LogP contribution >= 0.6 is 0 Å². The fraction of sp³-hybridized carbons (Fsp3) is 0.125. The Kier molecular flexibility index (Phi) is 1.51. The lowest BCUT2D eigenvalue weighted by Gasteiger charge is -2.10. The molecule has 1 aliphatic rings. The average Bonchev–Trinajstić information content (AvgIpc) is 2.07. The van der Waals surface area contributed by atoms with Gasteiger partial charge in [0.1, 0.15) is 6.42 Å². The standard InChI is InChI=1S/C8H6N2O3/c11-6-4-8-7(10(13)5-6)2-1-3-9(8)12/h1-3,5H,4H2. The Morgan fingerprint density at radius 1 is 1.38 bits per heavy atom. The van der Waals surface area contributed by atoms with Crippen molar-refractivity contribution in [2.75, 3.05) is 0 Å². The van der Waals surface area contributed by atoms with Gasteiger partial charge in [-0.3, -0.25) is 4.79 Å². The van der Waals surface area contributed by atoms with Crippen LogP contribution in [0.5, 0.6) is 0 Å². The number of carbonyl (C=O) groups excluding carboxylic acids is 1. The van der Waals surface area contributed by atoms with E-state index in [9.17, 15) is 15.2 Å². The summed E-state index contributed by atoms with van der Waals surface area (Å²) in [5.41, 5.74) is 0.460. The number of fused-ring (bicyclic) bond motifs is 1. The minimum Gasteiger partial charge on any atom is -0.618 e. The molecule has 0 aliphatic carbocycles. The Morgan fingerprint density at radius 3 is 2.92 bits per heavy atom. The van der Waals surface area contributed by atoms with Gasteiger partial charge in [0.15, 0.2) is 6.20 Å². The molecule has 1 aromatic heterocycles. The Labute approximate surface area is 73.7 Å². The van der Waals surface area contributed by atoms with Crippen LogP contribution in [-0.2, 0) is 11.2 Å². The molecule has 13 heavy (non-hydrogen) atoms. The van der Waals surface area contributed by atoms with E-state index in [1.165, 1.54) is 18.3 Å². The van der Waals surface area contributed by atoms with Gasteiger partial charge in [0.2, 0.25) is 12.0 Å². The van der Waals surface area contributed by atoms with Crippen LogP contribution in [0.4, 0.5) is 5.69 Å². The predicted molar refractivity (Wildman–Crippen MR) is 43.5 cm³/mol. The van der Waals surface area contributed by atoms with Gasteiger partial charge < -0.3 is 10.4 Å². The molecular weight excluding hydrogens is 172 g/mol. The third kappa shape index (κ3) is 1.14. The first-order chi connectivity index (χ1) is 6.18. The third-order valence-electron chi connectivity index (χ3n) is 1.88. The van der Waals surface area contributed by atoms with E-state index in [1.807, 2.05) is 0 Å². The van der Waals surface area contributed by atoms with E-state index in [-0.39, 0.29) is 23.6 Å². The summed E-state index contributed by atoms with van der Waals surface area (Å²) >= 11 is 0. The molecule has 0 spiro atoms. The molecule has 0 radical (unpaired) electrons. The van der Waals surface area contributed by atoms with Crippen LogP contribution in [-0.4, -0.2) is 16.7 Å². The van der Waals surface area contributed by atoms with E-state index >= 15 is 0 Å². The van der Waals surface area contributed by atoms with E-state index in [0.717, 1.165) is 6.21 Å². The Balaban J connectivity index is 2.66. The largest absolute Gasteiger partial charge is 0.618 e. The van der Waals surface area contributed by atoms with Crippen molar-refractivity contribution in [2.24, 2.45) is 0 Å². The summed E-state index contributed by atoms with van der Waals surface area (Å²) in [5, 5.41) is 22.3. The van der Waals surface area contributed by atoms with Gasteiger partial charge in [0.25, 0.3) is 11.4 Å². The van der Waals surface area contributed by atoms with Crippen LogP contribution in [0, 0.1) is 10.4 Å². The van der Waals surface area contributed by atoms with Crippen molar-refractivity contribution < 1.29 is 14.3 Å². The topological polar surface area (TPSA) is 70.1 Å². The third-order valence-corrected chi connectivity index (χ3v) is 1.88. The van der Waals surface area contributed by atoms with Gasteiger partial charge in [-0.15, -0.1) is 0 Å². The maximum Gasteiger partial charge on any atom is 0.286 e. The number of hydrogen-bond donors (Lipinski definition) is 0. The fourth-order valence-corrected chi connectivity index (χ4v) is 1.29. The Bertz CT molecular complexity index is 412. The Hall–Kier alpha value is -1.91. The van der Waals surface area contributed by atoms with Crippen molar-refractivity contribution in [1.29, 1.82) is 0 Å². The second-order valence-electron chi connectivity index (χ2n) is 2.76. The second-order valence-corrected chi connectivity index (χ2v) is 2.76. The number of ketones is 1. The molecule has 5 nitrogen and oxygen atoms in total. The van der Waals surface area contributed by atoms with Gasteiger partial charge in [-0.25, -0.2) is 0 Å². The zero-order valence-electron chi connectivity index (χ0n) is 6.64. The highest BCUT2D eigenvalue weighted by molar-refractivity contribution is 6.27. The van der Waals surface area contributed by atoms with E-state index in [4.69, 9.17) is 0 Å². The van der Waals surface area contributed by atoms with Crippen LogP contribution in [0.1, 0.15) is 5.69 Å². The summed E-state index contributed by atoms with van der Waals surface area (Å²) in [6.45, 7) is 0. The molecule has 5 heteroatoms. The molecule has 2 heterocycles. The predicted octanol–water partition coefficient (Wildman–Crippen LogP) is -0.342. The normalized spacial score (nSPS) is 15.1. The molecule has 0 atom stereocenters. The zero-order chi connectivity index (χ0) is 9.42. The molecule has 0 fully saturated rings. The first-order valence-electron chi connectivity index (χ1n) is 3.73. The monoisotopic (exact) mass is 178 g/mol. The number of rotatable bonds is 0. The summed E-state index contributed by atoms with van der Waals surface area (Å²) in [7, 11) is 0. The summed E-state index contributed by atoms with van der Waals surface area (Å²) in [5.74, 6) is -0.349. The summed E-state index contributed by atoms with van der Waals surface area (Å²) in [6.07, 6.45) is 2.21. The zero-order valence-corrected chi connectivity index (χ0v) is 6.64. The minimum absolute atomic E-state index is 0.00157. The number of hydrogen-bond acceptors (Lipinski definition) is 3. The van der Waals surface area contributed by atoms with Crippen molar-refractivity contribution in [2.45, 2.75) is 6.42 Å². The first-order valence-corrected chi connectivity index (χ1v) is 3.73. The van der Waals surface area contributed by atoms with Gasteiger partial charge in [-0.1, -0.05) is 0 Å². The molecular formula is C8H6N2O3. The van der Waals surface area contributed by atoms with Crippen molar-refractivity contribution in [3.8, 4) is 0 Å². The van der Waals surface area contributed by atoms with Gasteiger partial charge in [-0.05, 0) is 0 Å². The van der Waals surface area contributed by atoms with Crippen molar-refractivity contribution in [3.05, 3.63) is 34.4 Å². The number of Topliss-reactive ketones (excluding diaryl/α,β-unsaturated/α-hetero) is 1. The van der Waals surface area contributed by atoms with Crippen molar-refractivity contribution in [3.63, 3.8) is 0 Å². The summed E-state index contributed by atoms with van der Waals surface area (Å²) in [4.78, 5) is 10.9. The number of pyridine rings is 1. The van der Waals surface area contributed by atoms with Gasteiger partial charge in [0.05, 0.1) is 0 Å². The van der Waals surface area contributed by atoms with Gasteiger partial charge >= 0.3 is 0 Å². The van der Waals surface area contributed by atoms with Gasteiger partial charge in [-0.2, -0.15) is 9.47 Å². The van der Waals surface area contributed by atoms with Gasteiger partial charge in [0, 0.05) is 12.1 Å². The molecule has 66 valence electrons. The molecule has 0 aromatic carbocycles. The smallest absolute Gasteiger partial charge is 0.286 e. The maximum atomic E-state index is 11.1. The lowest BCUT2D eigenvalue weighted by atomic mass is 10.1. The second kappa shape index (κ2) is 2.55. The minimum atomic E-state index is -0.349. The SMILES string of the molecule is O=C1C=[N+]([O-])c2ccc[n+]([O-])c2C1. The molecule has 2 rings (SSSR count). The maximum absolute atomic E-state index is 11.1. The quantitative estimate of drug-likeness (QED) is 0.403. The number of aromatic nitrogens is 1.